The number of fused-ring (bicyclic) bond motifs is 1. The lowest BCUT2D eigenvalue weighted by Gasteiger charge is -2.15. The van der Waals surface area contributed by atoms with Crippen LogP contribution in [0.5, 0.6) is 0 Å². The molecule has 1 amide bonds. The van der Waals surface area contributed by atoms with Gasteiger partial charge in [-0.1, -0.05) is 18.2 Å². The average molecular weight is 291 g/mol. The number of hydrogen-bond donors (Lipinski definition) is 2. The fourth-order valence-corrected chi connectivity index (χ4v) is 3.28. The molecule has 0 spiro atoms. The van der Waals surface area contributed by atoms with Gasteiger partial charge in [0.15, 0.2) is 0 Å². The summed E-state index contributed by atoms with van der Waals surface area (Å²) in [6.07, 6.45) is 0. The Labute approximate surface area is 119 Å². The second kappa shape index (κ2) is 5.22. The van der Waals surface area contributed by atoms with Crippen molar-refractivity contribution >= 4 is 33.3 Å². The quantitative estimate of drug-likeness (QED) is 0.903. The fraction of sp³-hybridized carbons (Fsp3) is 0.286. The van der Waals surface area contributed by atoms with Gasteiger partial charge >= 0.3 is 5.97 Å². The number of amides is 1. The predicted molar refractivity (Wildman–Crippen MR) is 75.0 cm³/mol. The van der Waals surface area contributed by atoms with E-state index in [4.69, 9.17) is 9.84 Å². The molecule has 1 aromatic heterocycles. The highest BCUT2D eigenvalue weighted by Gasteiger charge is 2.35. The van der Waals surface area contributed by atoms with Crippen molar-refractivity contribution in [2.75, 3.05) is 13.2 Å². The Morgan fingerprint density at radius 2 is 2.10 bits per heavy atom. The van der Waals surface area contributed by atoms with E-state index in [1.165, 1.54) is 11.3 Å². The van der Waals surface area contributed by atoms with Crippen LogP contribution < -0.4 is 5.32 Å². The first kappa shape index (κ1) is 13.1. The van der Waals surface area contributed by atoms with Gasteiger partial charge in [-0.25, -0.2) is 0 Å². The van der Waals surface area contributed by atoms with Gasteiger partial charge in [0.25, 0.3) is 5.91 Å². The predicted octanol–water partition coefficient (Wildman–Crippen LogP) is 1.73. The van der Waals surface area contributed by atoms with E-state index in [1.807, 2.05) is 24.3 Å². The van der Waals surface area contributed by atoms with E-state index in [2.05, 4.69) is 5.32 Å². The number of carbonyl (C=O) groups excluding carboxylic acids is 1. The van der Waals surface area contributed by atoms with Gasteiger partial charge in [-0.05, 0) is 6.07 Å². The molecule has 0 radical (unpaired) electrons. The molecule has 0 bridgehead atoms. The normalized spacial score (nSPS) is 22.0. The number of ether oxygens (including phenoxy) is 1. The van der Waals surface area contributed by atoms with Gasteiger partial charge in [0.05, 0.1) is 24.8 Å². The maximum atomic E-state index is 12.3. The number of carbonyl (C=O) groups is 2. The van der Waals surface area contributed by atoms with Crippen molar-refractivity contribution in [2.24, 2.45) is 5.92 Å². The third kappa shape index (κ3) is 2.28. The molecule has 1 aromatic carbocycles. The smallest absolute Gasteiger partial charge is 0.311 e. The summed E-state index contributed by atoms with van der Waals surface area (Å²) in [7, 11) is 0. The van der Waals surface area contributed by atoms with Crippen LogP contribution in [0, 0.1) is 5.92 Å². The number of hydrogen-bond acceptors (Lipinski definition) is 4. The minimum Gasteiger partial charge on any atom is -0.481 e. The molecule has 0 saturated carbocycles. The number of thiophene rings is 1. The lowest BCUT2D eigenvalue weighted by molar-refractivity contribution is -0.142. The Morgan fingerprint density at radius 3 is 2.90 bits per heavy atom. The van der Waals surface area contributed by atoms with Gasteiger partial charge < -0.3 is 15.2 Å². The minimum absolute atomic E-state index is 0.144. The van der Waals surface area contributed by atoms with Crippen molar-refractivity contribution in [2.45, 2.75) is 6.04 Å². The molecular weight excluding hydrogens is 278 g/mol. The first-order valence-corrected chi connectivity index (χ1v) is 7.12. The SMILES string of the molecule is O=C(NC1COCC1C(=O)O)c1csc2ccccc12. The Hall–Kier alpha value is -1.92. The van der Waals surface area contributed by atoms with E-state index < -0.39 is 17.9 Å². The first-order chi connectivity index (χ1) is 9.66. The summed E-state index contributed by atoms with van der Waals surface area (Å²) in [5.41, 5.74) is 0.585. The zero-order valence-electron chi connectivity index (χ0n) is 10.5. The van der Waals surface area contributed by atoms with Gasteiger partial charge in [0.1, 0.15) is 5.92 Å². The molecule has 5 nitrogen and oxygen atoms in total. The van der Waals surface area contributed by atoms with Crippen LogP contribution in [-0.4, -0.2) is 36.2 Å². The van der Waals surface area contributed by atoms with Gasteiger partial charge in [0, 0.05) is 15.5 Å². The van der Waals surface area contributed by atoms with Gasteiger partial charge in [-0.2, -0.15) is 0 Å². The van der Waals surface area contributed by atoms with Crippen molar-refractivity contribution in [1.29, 1.82) is 0 Å². The molecule has 2 atom stereocenters. The summed E-state index contributed by atoms with van der Waals surface area (Å²) >= 11 is 1.50. The Kier molecular flexibility index (Phi) is 3.42. The second-order valence-electron chi connectivity index (χ2n) is 4.71. The molecule has 0 aliphatic carbocycles. The van der Waals surface area contributed by atoms with Crippen molar-refractivity contribution in [1.82, 2.24) is 5.32 Å². The molecule has 1 aliphatic rings. The average Bonchev–Trinajstić information content (AvgIpc) is 3.04. The van der Waals surface area contributed by atoms with E-state index in [1.54, 1.807) is 5.38 Å². The fourth-order valence-electron chi connectivity index (χ4n) is 2.34. The highest BCUT2D eigenvalue weighted by Crippen LogP contribution is 2.26. The summed E-state index contributed by atoms with van der Waals surface area (Å²) in [6.45, 7) is 0.384. The van der Waals surface area contributed by atoms with Crippen LogP contribution in [0.3, 0.4) is 0 Å². The van der Waals surface area contributed by atoms with Crippen LogP contribution in [0.15, 0.2) is 29.6 Å². The molecule has 20 heavy (non-hydrogen) atoms. The van der Waals surface area contributed by atoms with Crippen molar-refractivity contribution < 1.29 is 19.4 Å². The maximum absolute atomic E-state index is 12.3. The summed E-state index contributed by atoms with van der Waals surface area (Å²) in [4.78, 5) is 23.4. The van der Waals surface area contributed by atoms with Crippen molar-refractivity contribution in [3.8, 4) is 0 Å². The zero-order valence-corrected chi connectivity index (χ0v) is 11.4. The molecular formula is C14H13NO4S. The van der Waals surface area contributed by atoms with E-state index in [0.29, 0.717) is 5.56 Å². The van der Waals surface area contributed by atoms with E-state index >= 15 is 0 Å². The molecule has 2 heterocycles. The van der Waals surface area contributed by atoms with Crippen LogP contribution in [0.4, 0.5) is 0 Å². The number of benzene rings is 1. The molecule has 1 aliphatic heterocycles. The number of carboxylic acids is 1. The zero-order chi connectivity index (χ0) is 14.1. The standard InChI is InChI=1S/C14H13NO4S/c16-13(15-11-6-19-5-9(11)14(17)18)10-7-20-12-4-2-1-3-8(10)12/h1-4,7,9,11H,5-6H2,(H,15,16)(H,17,18). The summed E-state index contributed by atoms with van der Waals surface area (Å²) in [5, 5.41) is 14.5. The summed E-state index contributed by atoms with van der Waals surface area (Å²) in [5.74, 6) is -1.86. The van der Waals surface area contributed by atoms with Crippen LogP contribution in [0.2, 0.25) is 0 Å². The highest BCUT2D eigenvalue weighted by molar-refractivity contribution is 7.17. The van der Waals surface area contributed by atoms with Crippen LogP contribution in [0.1, 0.15) is 10.4 Å². The largest absolute Gasteiger partial charge is 0.481 e. The molecule has 1 saturated heterocycles. The van der Waals surface area contributed by atoms with E-state index in [0.717, 1.165) is 10.1 Å². The van der Waals surface area contributed by atoms with Crippen LogP contribution >= 0.6 is 11.3 Å². The van der Waals surface area contributed by atoms with Crippen molar-refractivity contribution in [3.63, 3.8) is 0 Å². The number of carboxylic acid groups (broad SMARTS) is 1. The number of nitrogens with one attached hydrogen (secondary N) is 1. The first-order valence-electron chi connectivity index (χ1n) is 6.24. The van der Waals surface area contributed by atoms with Gasteiger partial charge in [0.2, 0.25) is 0 Å². The Morgan fingerprint density at radius 1 is 1.30 bits per heavy atom. The Balaban J connectivity index is 1.81. The minimum atomic E-state index is -0.942. The maximum Gasteiger partial charge on any atom is 0.311 e. The topological polar surface area (TPSA) is 75.6 Å². The van der Waals surface area contributed by atoms with Crippen LogP contribution in [0.25, 0.3) is 10.1 Å². The second-order valence-corrected chi connectivity index (χ2v) is 5.62. The highest BCUT2D eigenvalue weighted by atomic mass is 32.1. The van der Waals surface area contributed by atoms with Gasteiger partial charge in [-0.15, -0.1) is 11.3 Å². The molecule has 6 heteroatoms. The molecule has 1 fully saturated rings. The van der Waals surface area contributed by atoms with E-state index in [-0.39, 0.29) is 19.1 Å². The third-order valence-electron chi connectivity index (χ3n) is 3.44. The Bertz CT molecular complexity index is 666. The van der Waals surface area contributed by atoms with Gasteiger partial charge in [-0.3, -0.25) is 9.59 Å². The summed E-state index contributed by atoms with van der Waals surface area (Å²) < 4.78 is 6.18. The third-order valence-corrected chi connectivity index (χ3v) is 4.40. The molecule has 104 valence electrons. The number of rotatable bonds is 3. The van der Waals surface area contributed by atoms with Crippen LogP contribution in [-0.2, 0) is 9.53 Å². The van der Waals surface area contributed by atoms with E-state index in [9.17, 15) is 9.59 Å². The molecule has 2 aromatic rings. The summed E-state index contributed by atoms with van der Waals surface area (Å²) in [6, 6.07) is 7.17. The molecule has 2 N–H and O–H groups in total. The lowest BCUT2D eigenvalue weighted by atomic mass is 10.0. The molecule has 2 unspecified atom stereocenters. The lowest BCUT2D eigenvalue weighted by Crippen LogP contribution is -2.42. The van der Waals surface area contributed by atoms with Crippen molar-refractivity contribution in [3.05, 3.63) is 35.2 Å². The monoisotopic (exact) mass is 291 g/mol. The number of aliphatic carboxylic acids is 1. The molecule has 3 rings (SSSR count).